The normalized spacial score (nSPS) is 10.3. The van der Waals surface area contributed by atoms with Crippen molar-refractivity contribution in [1.29, 1.82) is 0 Å². The Hall–Kier alpha value is -1.21. The Morgan fingerprint density at radius 2 is 1.89 bits per heavy atom. The number of thiocarbonyl (C=S) groups is 1. The lowest BCUT2D eigenvalue weighted by atomic mass is 10.3. The molecule has 0 aliphatic rings. The van der Waals surface area contributed by atoms with E-state index in [9.17, 15) is 9.59 Å². The van der Waals surface area contributed by atoms with Crippen molar-refractivity contribution in [2.75, 3.05) is 40.3 Å². The van der Waals surface area contributed by atoms with Gasteiger partial charge in [-0.25, -0.2) is 0 Å². The van der Waals surface area contributed by atoms with Crippen LogP contribution < -0.4 is 11.1 Å². The van der Waals surface area contributed by atoms with Gasteiger partial charge in [0.1, 0.15) is 0 Å². The van der Waals surface area contributed by atoms with Crippen molar-refractivity contribution in [2.24, 2.45) is 5.73 Å². The minimum absolute atomic E-state index is 0.0337. The molecular formula is C12H24N4O2S. The van der Waals surface area contributed by atoms with Gasteiger partial charge in [-0.05, 0) is 13.0 Å². The molecule has 0 atom stereocenters. The number of nitrogens with two attached hydrogens (primary N) is 1. The van der Waals surface area contributed by atoms with Crippen LogP contribution in [0.5, 0.6) is 0 Å². The minimum atomic E-state index is -0.0907. The lowest BCUT2D eigenvalue weighted by Crippen LogP contribution is -2.43. The third kappa shape index (κ3) is 8.50. The van der Waals surface area contributed by atoms with Crippen molar-refractivity contribution in [3.63, 3.8) is 0 Å². The van der Waals surface area contributed by atoms with Crippen LogP contribution in [0.1, 0.15) is 19.8 Å². The molecule has 0 spiro atoms. The second kappa shape index (κ2) is 9.69. The Bertz CT molecular complexity index is 323. The smallest absolute Gasteiger partial charge is 0.236 e. The molecule has 0 rings (SSSR count). The SMILES string of the molecule is CCCN(CC(=O)NC)CC(=O)N(C)CCC(N)=S. The number of nitrogens with zero attached hydrogens (tertiary/aromatic N) is 2. The van der Waals surface area contributed by atoms with Crippen molar-refractivity contribution < 1.29 is 9.59 Å². The predicted molar refractivity (Wildman–Crippen MR) is 79.8 cm³/mol. The quantitative estimate of drug-likeness (QED) is 0.563. The van der Waals surface area contributed by atoms with Gasteiger partial charge in [0, 0.05) is 27.1 Å². The first-order valence-electron chi connectivity index (χ1n) is 6.35. The van der Waals surface area contributed by atoms with E-state index in [1.165, 1.54) is 0 Å². The first-order chi connectivity index (χ1) is 8.90. The molecule has 0 aromatic heterocycles. The second-order valence-electron chi connectivity index (χ2n) is 4.42. The number of amides is 2. The lowest BCUT2D eigenvalue weighted by molar-refractivity contribution is -0.131. The van der Waals surface area contributed by atoms with Gasteiger partial charge in [0.05, 0.1) is 18.1 Å². The summed E-state index contributed by atoms with van der Waals surface area (Å²) in [6.07, 6.45) is 1.40. The summed E-state index contributed by atoms with van der Waals surface area (Å²) in [5.74, 6) is -0.124. The molecule has 0 aliphatic heterocycles. The first kappa shape index (κ1) is 17.8. The Labute approximate surface area is 120 Å². The number of nitrogens with one attached hydrogen (secondary N) is 1. The molecule has 7 heteroatoms. The van der Waals surface area contributed by atoms with Gasteiger partial charge in [-0.1, -0.05) is 19.1 Å². The highest BCUT2D eigenvalue weighted by molar-refractivity contribution is 7.80. The van der Waals surface area contributed by atoms with Crippen LogP contribution in [0.3, 0.4) is 0 Å². The monoisotopic (exact) mass is 288 g/mol. The van der Waals surface area contributed by atoms with E-state index >= 15 is 0 Å². The summed E-state index contributed by atoms with van der Waals surface area (Å²) in [6, 6.07) is 0. The Morgan fingerprint density at radius 3 is 2.37 bits per heavy atom. The molecule has 0 saturated heterocycles. The van der Waals surface area contributed by atoms with E-state index in [-0.39, 0.29) is 24.9 Å². The van der Waals surface area contributed by atoms with Gasteiger partial charge in [0.15, 0.2) is 0 Å². The highest BCUT2D eigenvalue weighted by atomic mass is 32.1. The maximum atomic E-state index is 12.0. The van der Waals surface area contributed by atoms with Crippen LogP contribution in [-0.2, 0) is 9.59 Å². The summed E-state index contributed by atoms with van der Waals surface area (Å²) in [6.45, 7) is 3.70. The maximum Gasteiger partial charge on any atom is 0.236 e. The molecule has 0 aliphatic carbocycles. The fourth-order valence-corrected chi connectivity index (χ4v) is 1.62. The maximum absolute atomic E-state index is 12.0. The van der Waals surface area contributed by atoms with E-state index in [0.29, 0.717) is 24.5 Å². The standard InChI is InChI=1S/C12H24N4O2S/c1-4-6-16(8-11(17)14-2)9-12(18)15(3)7-5-10(13)19/h4-9H2,1-3H3,(H2,13,19)(H,14,17). The van der Waals surface area contributed by atoms with E-state index in [4.69, 9.17) is 18.0 Å². The fourth-order valence-electron chi connectivity index (χ4n) is 1.53. The van der Waals surface area contributed by atoms with Gasteiger partial charge in [-0.2, -0.15) is 0 Å². The fraction of sp³-hybridized carbons (Fsp3) is 0.750. The van der Waals surface area contributed by atoms with Crippen LogP contribution in [0.4, 0.5) is 0 Å². The number of carbonyl (C=O) groups excluding carboxylic acids is 2. The molecule has 110 valence electrons. The van der Waals surface area contributed by atoms with Crippen LogP contribution >= 0.6 is 12.2 Å². The van der Waals surface area contributed by atoms with Gasteiger partial charge in [0.2, 0.25) is 11.8 Å². The molecular weight excluding hydrogens is 264 g/mol. The molecule has 0 aromatic rings. The van der Waals surface area contributed by atoms with E-state index in [1.807, 2.05) is 11.8 Å². The molecule has 6 nitrogen and oxygen atoms in total. The van der Waals surface area contributed by atoms with E-state index in [0.717, 1.165) is 6.42 Å². The molecule has 2 amide bonds. The van der Waals surface area contributed by atoms with Crippen molar-refractivity contribution >= 4 is 29.0 Å². The van der Waals surface area contributed by atoms with Crippen molar-refractivity contribution in [2.45, 2.75) is 19.8 Å². The molecule has 0 saturated carbocycles. The number of carbonyl (C=O) groups is 2. The van der Waals surface area contributed by atoms with Gasteiger partial charge >= 0.3 is 0 Å². The van der Waals surface area contributed by atoms with Crippen LogP contribution in [0.2, 0.25) is 0 Å². The lowest BCUT2D eigenvalue weighted by Gasteiger charge is -2.24. The Kier molecular flexibility index (Phi) is 9.07. The summed E-state index contributed by atoms with van der Waals surface area (Å²) in [4.78, 5) is 27.2. The molecule has 19 heavy (non-hydrogen) atoms. The van der Waals surface area contributed by atoms with Crippen LogP contribution in [0.15, 0.2) is 0 Å². The molecule has 0 radical (unpaired) electrons. The zero-order chi connectivity index (χ0) is 14.8. The minimum Gasteiger partial charge on any atom is -0.393 e. The summed E-state index contributed by atoms with van der Waals surface area (Å²) in [5.41, 5.74) is 5.40. The molecule has 0 heterocycles. The zero-order valence-corrected chi connectivity index (χ0v) is 12.8. The third-order valence-electron chi connectivity index (χ3n) is 2.66. The molecule has 0 unspecified atom stereocenters. The van der Waals surface area contributed by atoms with Crippen molar-refractivity contribution in [3.05, 3.63) is 0 Å². The zero-order valence-electron chi connectivity index (χ0n) is 11.9. The average molecular weight is 288 g/mol. The number of hydrogen-bond acceptors (Lipinski definition) is 4. The highest BCUT2D eigenvalue weighted by Crippen LogP contribution is 1.96. The number of rotatable bonds is 9. The Morgan fingerprint density at radius 1 is 1.26 bits per heavy atom. The van der Waals surface area contributed by atoms with Gasteiger partial charge < -0.3 is 16.0 Å². The summed E-state index contributed by atoms with van der Waals surface area (Å²) in [5, 5.41) is 2.56. The van der Waals surface area contributed by atoms with Crippen LogP contribution in [-0.4, -0.2) is 66.9 Å². The second-order valence-corrected chi connectivity index (χ2v) is 4.94. The van der Waals surface area contributed by atoms with Gasteiger partial charge in [-0.3, -0.25) is 14.5 Å². The van der Waals surface area contributed by atoms with Crippen LogP contribution in [0, 0.1) is 0 Å². The summed E-state index contributed by atoms with van der Waals surface area (Å²) < 4.78 is 0. The first-order valence-corrected chi connectivity index (χ1v) is 6.76. The average Bonchev–Trinajstić information content (AvgIpc) is 2.35. The van der Waals surface area contributed by atoms with Gasteiger partial charge in [-0.15, -0.1) is 0 Å². The predicted octanol–water partition coefficient (Wildman–Crippen LogP) is -0.421. The summed E-state index contributed by atoms with van der Waals surface area (Å²) in [7, 11) is 3.30. The highest BCUT2D eigenvalue weighted by Gasteiger charge is 2.16. The molecule has 3 N–H and O–H groups in total. The summed E-state index contributed by atoms with van der Waals surface area (Å²) >= 11 is 4.78. The Balaban J connectivity index is 4.28. The van der Waals surface area contributed by atoms with Gasteiger partial charge in [0.25, 0.3) is 0 Å². The molecule has 0 aromatic carbocycles. The largest absolute Gasteiger partial charge is 0.393 e. The van der Waals surface area contributed by atoms with Crippen LogP contribution in [0.25, 0.3) is 0 Å². The molecule has 0 bridgehead atoms. The topological polar surface area (TPSA) is 78.7 Å². The number of hydrogen-bond donors (Lipinski definition) is 2. The third-order valence-corrected chi connectivity index (χ3v) is 2.87. The number of likely N-dealkylation sites (N-methyl/N-ethyl adjacent to an activating group) is 2. The van der Waals surface area contributed by atoms with Crippen molar-refractivity contribution in [3.8, 4) is 0 Å². The van der Waals surface area contributed by atoms with E-state index in [1.54, 1.807) is 19.0 Å². The van der Waals surface area contributed by atoms with E-state index < -0.39 is 0 Å². The van der Waals surface area contributed by atoms with Crippen molar-refractivity contribution in [1.82, 2.24) is 15.1 Å². The van der Waals surface area contributed by atoms with E-state index in [2.05, 4.69) is 5.32 Å². The molecule has 0 fully saturated rings.